The molecule has 0 aromatic rings. The van der Waals surface area contributed by atoms with E-state index in [0.29, 0.717) is 23.9 Å². The predicted molar refractivity (Wildman–Crippen MR) is 238 cm³/mol. The van der Waals surface area contributed by atoms with E-state index < -0.39 is 26.5 Å². The topological polar surface area (TPSA) is 108 Å². The minimum absolute atomic E-state index is 0.0341. The van der Waals surface area contributed by atoms with E-state index in [9.17, 15) is 19.0 Å². The second-order valence-corrected chi connectivity index (χ2v) is 19.0. The lowest BCUT2D eigenvalue weighted by Gasteiger charge is -2.24. The van der Waals surface area contributed by atoms with E-state index >= 15 is 0 Å². The molecule has 0 saturated carbocycles. The summed E-state index contributed by atoms with van der Waals surface area (Å²) < 4.78 is 34.4. The second kappa shape index (κ2) is 40.2. The molecule has 10 heteroatoms. The molecule has 9 nitrogen and oxygen atoms in total. The number of phosphoric ester groups is 1. The number of hydrogen-bond acceptors (Lipinski definition) is 7. The molecule has 0 amide bonds. The van der Waals surface area contributed by atoms with Crippen LogP contribution in [-0.4, -0.2) is 74.9 Å². The number of hydrogen-bond donors (Lipinski definition) is 1. The number of phosphoric acid groups is 1. The molecule has 2 atom stereocenters. The van der Waals surface area contributed by atoms with E-state index in [2.05, 4.69) is 26.0 Å². The molecular weight excluding hydrogens is 737 g/mol. The van der Waals surface area contributed by atoms with Gasteiger partial charge in [-0.15, -0.1) is 0 Å². The Bertz CT molecular complexity index is 985. The first-order chi connectivity index (χ1) is 27.5. The molecule has 57 heavy (non-hydrogen) atoms. The van der Waals surface area contributed by atoms with Gasteiger partial charge in [0.15, 0.2) is 6.10 Å². The quantitative estimate of drug-likeness (QED) is 0.0213. The molecule has 0 fully saturated rings. The van der Waals surface area contributed by atoms with Gasteiger partial charge in [-0.3, -0.25) is 18.6 Å². The van der Waals surface area contributed by atoms with E-state index in [1.54, 1.807) is 0 Å². The maximum absolute atomic E-state index is 12.7. The number of rotatable bonds is 44. The first-order valence-corrected chi connectivity index (χ1v) is 25.4. The van der Waals surface area contributed by atoms with Crippen molar-refractivity contribution in [1.29, 1.82) is 0 Å². The zero-order chi connectivity index (χ0) is 42.1. The molecule has 0 spiro atoms. The number of ether oxygens (including phenoxy) is 2. The standard InChI is InChI=1S/C47H92NO8P/c1-6-8-10-12-14-16-18-20-22-23-24-25-26-28-30-32-34-36-38-40-47(50)56-45(44-55-57(51,52)54-42-41-48(3,4)5)43-53-46(49)39-37-35-33-31-29-27-21-19-17-15-13-11-9-7-2/h23-24,45H,6-22,25-44H2,1-5H3/p+1/b24-23-/t45-/m1/s1. The highest BCUT2D eigenvalue weighted by molar-refractivity contribution is 7.47. The van der Waals surface area contributed by atoms with Gasteiger partial charge in [0.2, 0.25) is 0 Å². The molecule has 0 aliphatic heterocycles. The summed E-state index contributed by atoms with van der Waals surface area (Å²) in [5.41, 5.74) is 0. The van der Waals surface area contributed by atoms with Crippen molar-refractivity contribution >= 4 is 19.8 Å². The molecule has 0 saturated heterocycles. The molecule has 1 N–H and O–H groups in total. The van der Waals surface area contributed by atoms with E-state index in [4.69, 9.17) is 18.5 Å². The fourth-order valence-electron chi connectivity index (χ4n) is 6.77. The van der Waals surface area contributed by atoms with Gasteiger partial charge in [-0.05, 0) is 38.5 Å². The van der Waals surface area contributed by atoms with Crippen LogP contribution in [0.15, 0.2) is 12.2 Å². The third-order valence-corrected chi connectivity index (χ3v) is 11.5. The van der Waals surface area contributed by atoms with Gasteiger partial charge >= 0.3 is 19.8 Å². The van der Waals surface area contributed by atoms with Crippen LogP contribution in [0.3, 0.4) is 0 Å². The fraction of sp³-hybridized carbons (Fsp3) is 0.915. The number of carbonyl (C=O) groups is 2. The summed E-state index contributed by atoms with van der Waals surface area (Å²) in [6.45, 7) is 4.45. The van der Waals surface area contributed by atoms with Crippen molar-refractivity contribution in [2.24, 2.45) is 0 Å². The third kappa shape index (κ3) is 44.1. The maximum Gasteiger partial charge on any atom is 0.472 e. The number of quaternary nitrogens is 1. The Labute approximate surface area is 352 Å². The molecule has 0 rings (SSSR count). The van der Waals surface area contributed by atoms with Crippen LogP contribution in [0, 0.1) is 0 Å². The van der Waals surface area contributed by atoms with Gasteiger partial charge in [0, 0.05) is 12.8 Å². The number of nitrogens with zero attached hydrogens (tertiary/aromatic N) is 1. The largest absolute Gasteiger partial charge is 0.472 e. The van der Waals surface area contributed by atoms with E-state index in [0.717, 1.165) is 44.9 Å². The van der Waals surface area contributed by atoms with Crippen LogP contribution in [0.4, 0.5) is 0 Å². The molecule has 0 aliphatic carbocycles. The average molecular weight is 831 g/mol. The molecule has 1 unspecified atom stereocenters. The molecular formula is C47H93NO8P+. The van der Waals surface area contributed by atoms with E-state index in [1.165, 1.54) is 148 Å². The maximum atomic E-state index is 12.7. The number of allylic oxidation sites excluding steroid dienone is 2. The van der Waals surface area contributed by atoms with Gasteiger partial charge in [-0.2, -0.15) is 0 Å². The van der Waals surface area contributed by atoms with Crippen molar-refractivity contribution < 1.29 is 42.1 Å². The third-order valence-electron chi connectivity index (χ3n) is 10.5. The molecule has 0 bridgehead atoms. The van der Waals surface area contributed by atoms with Crippen LogP contribution < -0.4 is 0 Å². The monoisotopic (exact) mass is 831 g/mol. The number of unbranched alkanes of at least 4 members (excludes halogenated alkanes) is 28. The van der Waals surface area contributed by atoms with Crippen LogP contribution in [0.25, 0.3) is 0 Å². The van der Waals surface area contributed by atoms with Gasteiger partial charge in [0.05, 0.1) is 27.7 Å². The molecule has 0 aromatic heterocycles. The van der Waals surface area contributed by atoms with Crippen LogP contribution in [-0.2, 0) is 32.7 Å². The number of likely N-dealkylation sites (N-methyl/N-ethyl adjacent to an activating group) is 1. The van der Waals surface area contributed by atoms with Crippen molar-refractivity contribution in [3.63, 3.8) is 0 Å². The van der Waals surface area contributed by atoms with Gasteiger partial charge in [0.1, 0.15) is 19.8 Å². The van der Waals surface area contributed by atoms with Gasteiger partial charge < -0.3 is 18.9 Å². The summed E-state index contributed by atoms with van der Waals surface area (Å²) in [6, 6.07) is 0. The summed E-state index contributed by atoms with van der Waals surface area (Å²) in [7, 11) is 1.49. The Morgan fingerprint density at radius 2 is 0.895 bits per heavy atom. The Morgan fingerprint density at radius 3 is 1.30 bits per heavy atom. The Hall–Kier alpha value is -1.25. The predicted octanol–water partition coefficient (Wildman–Crippen LogP) is 13.8. The van der Waals surface area contributed by atoms with Crippen molar-refractivity contribution in [1.82, 2.24) is 0 Å². The second-order valence-electron chi connectivity index (χ2n) is 17.5. The highest BCUT2D eigenvalue weighted by atomic mass is 31.2. The highest BCUT2D eigenvalue weighted by Gasteiger charge is 2.27. The molecule has 0 aromatic carbocycles. The SMILES string of the molecule is CCCCCCCCCC/C=C\CCCCCCCCCC(=O)O[C@H](COC(=O)CCCCCCCCCCCCCCCC)COP(=O)(O)OCC[N+](C)(C)C. The normalized spacial score (nSPS) is 13.6. The summed E-state index contributed by atoms with van der Waals surface area (Å²) in [5.74, 6) is -0.791. The zero-order valence-electron chi connectivity index (χ0n) is 38.1. The van der Waals surface area contributed by atoms with Crippen molar-refractivity contribution in [3.8, 4) is 0 Å². The van der Waals surface area contributed by atoms with E-state index in [1.807, 2.05) is 21.1 Å². The lowest BCUT2D eigenvalue weighted by molar-refractivity contribution is -0.870. The molecule has 338 valence electrons. The zero-order valence-corrected chi connectivity index (χ0v) is 39.0. The molecule has 0 heterocycles. The molecule has 0 radical (unpaired) electrons. The summed E-state index contributed by atoms with van der Waals surface area (Å²) in [5, 5.41) is 0. The Morgan fingerprint density at radius 1 is 0.526 bits per heavy atom. The number of carbonyl (C=O) groups excluding carboxylic acids is 2. The highest BCUT2D eigenvalue weighted by Crippen LogP contribution is 2.43. The fourth-order valence-corrected chi connectivity index (χ4v) is 7.52. The van der Waals surface area contributed by atoms with Gasteiger partial charge in [0.25, 0.3) is 0 Å². The minimum atomic E-state index is -4.37. The number of esters is 2. The van der Waals surface area contributed by atoms with Crippen molar-refractivity contribution in [3.05, 3.63) is 12.2 Å². The smallest absolute Gasteiger partial charge is 0.462 e. The van der Waals surface area contributed by atoms with Crippen molar-refractivity contribution in [2.75, 3.05) is 47.5 Å². The van der Waals surface area contributed by atoms with Crippen LogP contribution in [0.5, 0.6) is 0 Å². The van der Waals surface area contributed by atoms with E-state index in [-0.39, 0.29) is 25.6 Å². The van der Waals surface area contributed by atoms with Crippen LogP contribution in [0.1, 0.15) is 226 Å². The lowest BCUT2D eigenvalue weighted by atomic mass is 10.0. The van der Waals surface area contributed by atoms with Gasteiger partial charge in [-0.25, -0.2) is 4.57 Å². The van der Waals surface area contributed by atoms with Crippen LogP contribution >= 0.6 is 7.82 Å². The van der Waals surface area contributed by atoms with Gasteiger partial charge in [-0.1, -0.05) is 187 Å². The average Bonchev–Trinajstić information content (AvgIpc) is 3.16. The Balaban J connectivity index is 4.28. The summed E-state index contributed by atoms with van der Waals surface area (Å²) in [6.07, 6.45) is 42.5. The van der Waals surface area contributed by atoms with Crippen LogP contribution in [0.2, 0.25) is 0 Å². The lowest BCUT2D eigenvalue weighted by Crippen LogP contribution is -2.37. The Kier molecular flexibility index (Phi) is 39.3. The van der Waals surface area contributed by atoms with Crippen molar-refractivity contribution in [2.45, 2.75) is 232 Å². The first-order valence-electron chi connectivity index (χ1n) is 23.9. The summed E-state index contributed by atoms with van der Waals surface area (Å²) in [4.78, 5) is 35.4. The molecule has 0 aliphatic rings. The first kappa shape index (κ1) is 55.8. The minimum Gasteiger partial charge on any atom is -0.462 e. The summed E-state index contributed by atoms with van der Waals surface area (Å²) >= 11 is 0.